The molecule has 0 aliphatic carbocycles. The van der Waals surface area contributed by atoms with Gasteiger partial charge in [0, 0.05) is 26.2 Å². The fourth-order valence-electron chi connectivity index (χ4n) is 2.53. The number of rotatable bonds is 6. The van der Waals surface area contributed by atoms with Crippen molar-refractivity contribution >= 4 is 17.7 Å². The number of nitrogens with two attached hydrogens (primary N) is 1. The Labute approximate surface area is 136 Å². The molecule has 0 spiro atoms. The third-order valence-corrected chi connectivity index (χ3v) is 4.71. The van der Waals surface area contributed by atoms with E-state index in [0.717, 1.165) is 55.7 Å². The summed E-state index contributed by atoms with van der Waals surface area (Å²) in [7, 11) is 0. The summed E-state index contributed by atoms with van der Waals surface area (Å²) in [6.45, 7) is 7.71. The number of aryl methyl sites for hydroxylation is 2. The van der Waals surface area contributed by atoms with E-state index in [1.54, 1.807) is 11.8 Å². The Kier molecular flexibility index (Phi) is 6.28. The molecule has 2 N–H and O–H groups in total. The molecular weight excluding hydrogens is 300 g/mol. The molecule has 7 heteroatoms. The molecule has 22 heavy (non-hydrogen) atoms. The van der Waals surface area contributed by atoms with Crippen molar-refractivity contribution in [1.82, 2.24) is 14.8 Å². The molecule has 0 aromatic carbocycles. The van der Waals surface area contributed by atoms with Gasteiger partial charge >= 0.3 is 0 Å². The molecule has 0 radical (unpaired) electrons. The van der Waals surface area contributed by atoms with E-state index in [0.29, 0.717) is 6.54 Å². The van der Waals surface area contributed by atoms with Crippen molar-refractivity contribution in [2.45, 2.75) is 32.9 Å². The predicted molar refractivity (Wildman–Crippen MR) is 88.8 cm³/mol. The lowest BCUT2D eigenvalue weighted by atomic mass is 10.2. The molecule has 6 nitrogen and oxygen atoms in total. The van der Waals surface area contributed by atoms with E-state index in [2.05, 4.69) is 9.88 Å². The van der Waals surface area contributed by atoms with Crippen molar-refractivity contribution in [3.63, 3.8) is 0 Å². The topological polar surface area (TPSA) is 75.6 Å². The molecule has 1 saturated heterocycles. The number of hydrogen-bond donors (Lipinski definition) is 1. The zero-order valence-corrected chi connectivity index (χ0v) is 14.5. The summed E-state index contributed by atoms with van der Waals surface area (Å²) in [5, 5.41) is 0. The number of amides is 1. The van der Waals surface area contributed by atoms with E-state index in [4.69, 9.17) is 10.2 Å². The van der Waals surface area contributed by atoms with Crippen LogP contribution in [-0.2, 0) is 11.3 Å². The fraction of sp³-hybridized carbons (Fsp3) is 0.733. The molecule has 1 amide bonds. The van der Waals surface area contributed by atoms with Gasteiger partial charge in [0.15, 0.2) is 0 Å². The van der Waals surface area contributed by atoms with Gasteiger partial charge in [0.1, 0.15) is 5.76 Å². The Hall–Kier alpha value is -1.05. The zero-order chi connectivity index (χ0) is 16.1. The monoisotopic (exact) mass is 326 g/mol. The molecule has 1 aliphatic rings. The number of aromatic nitrogens is 1. The standard InChI is InChI=1S/C15H26N4O2S/c1-11-12(2)21-14(17-11)10-18-5-7-19(8-6-18)15(20)13(16)4-9-22-3/h13H,4-10,16H2,1-3H3/t13-/m0/s1. The van der Waals surface area contributed by atoms with Gasteiger partial charge in [0.2, 0.25) is 11.8 Å². The van der Waals surface area contributed by atoms with Crippen LogP contribution in [0.1, 0.15) is 23.8 Å². The smallest absolute Gasteiger partial charge is 0.239 e. The lowest BCUT2D eigenvalue weighted by Crippen LogP contribution is -2.53. The van der Waals surface area contributed by atoms with Crippen LogP contribution in [0.4, 0.5) is 0 Å². The summed E-state index contributed by atoms with van der Waals surface area (Å²) in [6, 6.07) is -0.365. The molecule has 2 heterocycles. The maximum atomic E-state index is 12.3. The van der Waals surface area contributed by atoms with Crippen LogP contribution in [0.2, 0.25) is 0 Å². The molecule has 1 aromatic heterocycles. The van der Waals surface area contributed by atoms with E-state index < -0.39 is 0 Å². The highest BCUT2D eigenvalue weighted by atomic mass is 32.2. The largest absolute Gasteiger partial charge is 0.444 e. The molecular formula is C15H26N4O2S. The molecule has 1 fully saturated rings. The first-order valence-corrected chi connectivity index (χ1v) is 9.09. The van der Waals surface area contributed by atoms with Gasteiger partial charge in [0.25, 0.3) is 0 Å². The number of hydrogen-bond acceptors (Lipinski definition) is 6. The second-order valence-corrected chi connectivity index (χ2v) is 6.72. The average molecular weight is 326 g/mol. The zero-order valence-electron chi connectivity index (χ0n) is 13.7. The summed E-state index contributed by atoms with van der Waals surface area (Å²) in [4.78, 5) is 20.8. The molecule has 0 unspecified atom stereocenters. The lowest BCUT2D eigenvalue weighted by molar-refractivity contribution is -0.134. The molecule has 1 aromatic rings. The first-order valence-electron chi connectivity index (χ1n) is 7.70. The van der Waals surface area contributed by atoms with Crippen molar-refractivity contribution < 1.29 is 9.21 Å². The number of oxazole rings is 1. The third kappa shape index (κ3) is 4.47. The number of carbonyl (C=O) groups is 1. The van der Waals surface area contributed by atoms with Crippen molar-refractivity contribution in [2.24, 2.45) is 5.73 Å². The summed E-state index contributed by atoms with van der Waals surface area (Å²) >= 11 is 1.72. The molecule has 1 atom stereocenters. The van der Waals surface area contributed by atoms with Crippen LogP contribution in [0, 0.1) is 13.8 Å². The van der Waals surface area contributed by atoms with Crippen molar-refractivity contribution in [1.29, 1.82) is 0 Å². The van der Waals surface area contributed by atoms with Gasteiger partial charge in [-0.2, -0.15) is 11.8 Å². The lowest BCUT2D eigenvalue weighted by Gasteiger charge is -2.35. The minimum absolute atomic E-state index is 0.0801. The second-order valence-electron chi connectivity index (χ2n) is 5.74. The SMILES string of the molecule is CSCC[C@H](N)C(=O)N1CCN(Cc2nc(C)c(C)o2)CC1. The minimum atomic E-state index is -0.365. The summed E-state index contributed by atoms with van der Waals surface area (Å²) < 4.78 is 5.62. The van der Waals surface area contributed by atoms with Crippen molar-refractivity contribution in [2.75, 3.05) is 38.2 Å². The first kappa shape index (κ1) is 17.3. The Morgan fingerprint density at radius 2 is 2.05 bits per heavy atom. The summed E-state index contributed by atoms with van der Waals surface area (Å²) in [5.41, 5.74) is 6.92. The summed E-state index contributed by atoms with van der Waals surface area (Å²) in [5.74, 6) is 2.64. The van der Waals surface area contributed by atoms with Gasteiger partial charge in [-0.25, -0.2) is 4.98 Å². The second kappa shape index (κ2) is 7.99. The minimum Gasteiger partial charge on any atom is -0.444 e. The maximum absolute atomic E-state index is 12.3. The Morgan fingerprint density at radius 3 is 2.59 bits per heavy atom. The van der Waals surface area contributed by atoms with Crippen LogP contribution >= 0.6 is 11.8 Å². The maximum Gasteiger partial charge on any atom is 0.239 e. The van der Waals surface area contributed by atoms with Crippen LogP contribution in [0.25, 0.3) is 0 Å². The average Bonchev–Trinajstić information content (AvgIpc) is 2.83. The molecule has 1 aliphatic heterocycles. The van der Waals surface area contributed by atoms with Gasteiger partial charge in [-0.05, 0) is 32.3 Å². The van der Waals surface area contributed by atoms with Crippen LogP contribution in [0.15, 0.2) is 4.42 Å². The normalized spacial score (nSPS) is 17.7. The quantitative estimate of drug-likeness (QED) is 0.841. The number of thioether (sulfide) groups is 1. The Morgan fingerprint density at radius 1 is 1.36 bits per heavy atom. The molecule has 0 saturated carbocycles. The van der Waals surface area contributed by atoms with Crippen LogP contribution in [-0.4, -0.2) is 64.9 Å². The van der Waals surface area contributed by atoms with E-state index in [1.165, 1.54) is 0 Å². The molecule has 2 rings (SSSR count). The highest BCUT2D eigenvalue weighted by Gasteiger charge is 2.25. The van der Waals surface area contributed by atoms with E-state index in [9.17, 15) is 4.79 Å². The Balaban J connectivity index is 1.78. The van der Waals surface area contributed by atoms with Crippen LogP contribution in [0.3, 0.4) is 0 Å². The van der Waals surface area contributed by atoms with Crippen molar-refractivity contribution in [3.05, 3.63) is 17.3 Å². The number of piperazine rings is 1. The van der Waals surface area contributed by atoms with E-state index in [1.807, 2.05) is 25.0 Å². The van der Waals surface area contributed by atoms with E-state index >= 15 is 0 Å². The van der Waals surface area contributed by atoms with Gasteiger partial charge in [-0.3, -0.25) is 9.69 Å². The molecule has 0 bridgehead atoms. The van der Waals surface area contributed by atoms with Gasteiger partial charge in [-0.15, -0.1) is 0 Å². The fourth-order valence-corrected chi connectivity index (χ4v) is 3.02. The van der Waals surface area contributed by atoms with Gasteiger partial charge < -0.3 is 15.1 Å². The number of carbonyl (C=O) groups excluding carboxylic acids is 1. The van der Waals surface area contributed by atoms with E-state index in [-0.39, 0.29) is 11.9 Å². The Bertz CT molecular complexity index is 478. The van der Waals surface area contributed by atoms with Crippen LogP contribution in [0.5, 0.6) is 0 Å². The highest BCUT2D eigenvalue weighted by Crippen LogP contribution is 2.13. The predicted octanol–water partition coefficient (Wildman–Crippen LogP) is 1.02. The van der Waals surface area contributed by atoms with Crippen molar-refractivity contribution in [3.8, 4) is 0 Å². The first-order chi connectivity index (χ1) is 10.5. The number of nitrogens with zero attached hydrogens (tertiary/aromatic N) is 3. The van der Waals surface area contributed by atoms with Gasteiger partial charge in [0.05, 0.1) is 18.3 Å². The summed E-state index contributed by atoms with van der Waals surface area (Å²) in [6.07, 6.45) is 2.77. The van der Waals surface area contributed by atoms with Crippen LogP contribution < -0.4 is 5.73 Å². The van der Waals surface area contributed by atoms with Gasteiger partial charge in [-0.1, -0.05) is 0 Å². The highest BCUT2D eigenvalue weighted by molar-refractivity contribution is 7.98. The molecule has 124 valence electrons. The third-order valence-electron chi connectivity index (χ3n) is 4.07.